The zero-order valence-electron chi connectivity index (χ0n) is 10.2. The maximum atomic E-state index is 11.1. The second-order valence-electron chi connectivity index (χ2n) is 3.99. The summed E-state index contributed by atoms with van der Waals surface area (Å²) >= 11 is 6.14. The zero-order valence-corrected chi connectivity index (χ0v) is 11.0. The van der Waals surface area contributed by atoms with Gasteiger partial charge in [-0.1, -0.05) is 17.7 Å². The molecule has 2 N–H and O–H groups in total. The van der Waals surface area contributed by atoms with Gasteiger partial charge in [0.1, 0.15) is 0 Å². The average Bonchev–Trinajstić information content (AvgIpc) is 2.28. The van der Waals surface area contributed by atoms with Crippen LogP contribution in [0.5, 0.6) is 0 Å². The summed E-state index contributed by atoms with van der Waals surface area (Å²) in [5.74, 6) is -0.342. The van der Waals surface area contributed by atoms with E-state index in [1.165, 1.54) is 7.11 Å². The van der Waals surface area contributed by atoms with Gasteiger partial charge in [-0.2, -0.15) is 0 Å². The van der Waals surface area contributed by atoms with Gasteiger partial charge in [0.05, 0.1) is 13.5 Å². The van der Waals surface area contributed by atoms with Crippen LogP contribution in [-0.2, 0) is 9.53 Å². The monoisotopic (exact) mass is 256 g/mol. The van der Waals surface area contributed by atoms with E-state index in [0.717, 1.165) is 11.3 Å². The molecule has 1 aromatic carbocycles. The number of nitrogens with zero attached hydrogens (tertiary/aromatic N) is 1. The first kappa shape index (κ1) is 13.8. The predicted octanol–water partition coefficient (Wildman–Crippen LogP) is 1.97. The molecule has 0 fully saturated rings. The Kier molecular flexibility index (Phi) is 4.78. The molecule has 0 heterocycles. The van der Waals surface area contributed by atoms with E-state index in [2.05, 4.69) is 4.74 Å². The van der Waals surface area contributed by atoms with E-state index in [1.54, 1.807) is 0 Å². The maximum Gasteiger partial charge on any atom is 0.307 e. The Labute approximate surface area is 106 Å². The number of halogens is 1. The molecule has 0 amide bonds. The fourth-order valence-corrected chi connectivity index (χ4v) is 1.78. The summed E-state index contributed by atoms with van der Waals surface area (Å²) in [5.41, 5.74) is 7.64. The first-order chi connectivity index (χ1) is 7.95. The molecule has 0 unspecified atom stereocenters. The number of nitrogens with two attached hydrogens (primary N) is 1. The average molecular weight is 257 g/mol. The summed E-state index contributed by atoms with van der Waals surface area (Å²) in [7, 11) is 5.20. The molecule has 1 aromatic rings. The SMILES string of the molecule is COC(=O)C[C@@H](N)c1ccc(N(C)C)cc1Cl. The van der Waals surface area contributed by atoms with Gasteiger partial charge in [-0.3, -0.25) is 4.79 Å². The number of esters is 1. The molecule has 4 nitrogen and oxygen atoms in total. The van der Waals surface area contributed by atoms with Crippen molar-refractivity contribution in [3.05, 3.63) is 28.8 Å². The van der Waals surface area contributed by atoms with Crippen molar-refractivity contribution in [3.63, 3.8) is 0 Å². The van der Waals surface area contributed by atoms with Crippen molar-refractivity contribution in [2.45, 2.75) is 12.5 Å². The number of hydrogen-bond donors (Lipinski definition) is 1. The third-order valence-corrected chi connectivity index (χ3v) is 2.84. The lowest BCUT2D eigenvalue weighted by Crippen LogP contribution is -2.17. The largest absolute Gasteiger partial charge is 0.469 e. The van der Waals surface area contributed by atoms with Crippen LogP contribution in [0, 0.1) is 0 Å². The molecule has 0 radical (unpaired) electrons. The second-order valence-corrected chi connectivity index (χ2v) is 4.39. The van der Waals surface area contributed by atoms with Crippen molar-refractivity contribution >= 4 is 23.3 Å². The van der Waals surface area contributed by atoms with Crippen molar-refractivity contribution in [1.29, 1.82) is 0 Å². The molecule has 1 atom stereocenters. The van der Waals surface area contributed by atoms with Crippen molar-refractivity contribution in [2.75, 3.05) is 26.1 Å². The molecule has 0 spiro atoms. The Bertz CT molecular complexity index is 407. The molecular weight excluding hydrogens is 240 g/mol. The lowest BCUT2D eigenvalue weighted by Gasteiger charge is -2.17. The van der Waals surface area contributed by atoms with E-state index in [-0.39, 0.29) is 12.4 Å². The van der Waals surface area contributed by atoms with Crippen molar-refractivity contribution in [3.8, 4) is 0 Å². The predicted molar refractivity (Wildman–Crippen MR) is 69.3 cm³/mol. The summed E-state index contributed by atoms with van der Waals surface area (Å²) in [6.45, 7) is 0. The number of ether oxygens (including phenoxy) is 1. The van der Waals surface area contributed by atoms with Gasteiger partial charge in [-0.05, 0) is 17.7 Å². The lowest BCUT2D eigenvalue weighted by molar-refractivity contribution is -0.141. The van der Waals surface area contributed by atoms with Crippen LogP contribution in [0.1, 0.15) is 18.0 Å². The molecule has 0 aliphatic heterocycles. The van der Waals surface area contributed by atoms with Crippen LogP contribution in [0.15, 0.2) is 18.2 Å². The Morgan fingerprint density at radius 3 is 2.65 bits per heavy atom. The minimum atomic E-state index is -0.439. The fraction of sp³-hybridized carbons (Fsp3) is 0.417. The molecule has 0 saturated heterocycles. The molecule has 0 aliphatic carbocycles. The third kappa shape index (κ3) is 3.61. The number of carbonyl (C=O) groups excluding carboxylic acids is 1. The summed E-state index contributed by atoms with van der Waals surface area (Å²) in [4.78, 5) is 13.1. The van der Waals surface area contributed by atoms with Crippen molar-refractivity contribution in [2.24, 2.45) is 5.73 Å². The quantitative estimate of drug-likeness (QED) is 0.837. The fourth-order valence-electron chi connectivity index (χ4n) is 1.47. The highest BCUT2D eigenvalue weighted by Gasteiger charge is 2.15. The van der Waals surface area contributed by atoms with Gasteiger partial charge in [-0.15, -0.1) is 0 Å². The molecular formula is C12H17ClN2O2. The molecule has 94 valence electrons. The van der Waals surface area contributed by atoms with Crippen LogP contribution in [-0.4, -0.2) is 27.2 Å². The van der Waals surface area contributed by atoms with Gasteiger partial charge < -0.3 is 15.4 Å². The summed E-state index contributed by atoms with van der Waals surface area (Å²) in [5, 5.41) is 0.563. The normalized spacial score (nSPS) is 12.1. The zero-order chi connectivity index (χ0) is 13.0. The number of carbonyl (C=O) groups is 1. The molecule has 0 bridgehead atoms. The first-order valence-corrected chi connectivity index (χ1v) is 5.62. The number of rotatable bonds is 4. The Morgan fingerprint density at radius 1 is 1.53 bits per heavy atom. The minimum Gasteiger partial charge on any atom is -0.469 e. The number of anilines is 1. The van der Waals surface area contributed by atoms with Crippen LogP contribution in [0.3, 0.4) is 0 Å². The topological polar surface area (TPSA) is 55.6 Å². The van der Waals surface area contributed by atoms with E-state index in [9.17, 15) is 4.79 Å². The van der Waals surface area contributed by atoms with Gasteiger partial charge in [0.25, 0.3) is 0 Å². The highest BCUT2D eigenvalue weighted by Crippen LogP contribution is 2.27. The van der Waals surface area contributed by atoms with Gasteiger partial charge in [0.15, 0.2) is 0 Å². The van der Waals surface area contributed by atoms with E-state index in [0.29, 0.717) is 5.02 Å². The summed E-state index contributed by atoms with van der Waals surface area (Å²) < 4.78 is 4.57. The Hall–Kier alpha value is -1.26. The van der Waals surface area contributed by atoms with Crippen LogP contribution in [0.4, 0.5) is 5.69 Å². The van der Waals surface area contributed by atoms with Crippen LogP contribution < -0.4 is 10.6 Å². The Morgan fingerprint density at radius 2 is 2.18 bits per heavy atom. The lowest BCUT2D eigenvalue weighted by atomic mass is 10.0. The standard InChI is InChI=1S/C12H17ClN2O2/c1-15(2)8-4-5-9(10(13)6-8)11(14)7-12(16)17-3/h4-6,11H,7,14H2,1-3H3/t11-/m1/s1. The Balaban J connectivity index is 2.88. The summed E-state index contributed by atoms with van der Waals surface area (Å²) in [6.07, 6.45) is 0.123. The van der Waals surface area contributed by atoms with E-state index in [1.807, 2.05) is 37.2 Å². The number of hydrogen-bond acceptors (Lipinski definition) is 4. The van der Waals surface area contributed by atoms with Gasteiger partial charge in [0, 0.05) is 30.8 Å². The number of benzene rings is 1. The van der Waals surface area contributed by atoms with Crippen molar-refractivity contribution < 1.29 is 9.53 Å². The first-order valence-electron chi connectivity index (χ1n) is 5.25. The molecule has 0 aliphatic rings. The van der Waals surface area contributed by atoms with E-state index in [4.69, 9.17) is 17.3 Å². The molecule has 1 rings (SSSR count). The highest BCUT2D eigenvalue weighted by atomic mass is 35.5. The van der Waals surface area contributed by atoms with Crippen LogP contribution in [0.25, 0.3) is 0 Å². The van der Waals surface area contributed by atoms with Crippen LogP contribution in [0.2, 0.25) is 5.02 Å². The van der Waals surface area contributed by atoms with Gasteiger partial charge >= 0.3 is 5.97 Å². The van der Waals surface area contributed by atoms with Crippen LogP contribution >= 0.6 is 11.6 Å². The highest BCUT2D eigenvalue weighted by molar-refractivity contribution is 6.31. The summed E-state index contributed by atoms with van der Waals surface area (Å²) in [6, 6.07) is 5.14. The van der Waals surface area contributed by atoms with Gasteiger partial charge in [-0.25, -0.2) is 0 Å². The third-order valence-electron chi connectivity index (χ3n) is 2.51. The van der Waals surface area contributed by atoms with Gasteiger partial charge in [0.2, 0.25) is 0 Å². The molecule has 0 aromatic heterocycles. The molecule has 5 heteroatoms. The number of methoxy groups -OCH3 is 1. The molecule has 0 saturated carbocycles. The van der Waals surface area contributed by atoms with E-state index >= 15 is 0 Å². The second kappa shape index (κ2) is 5.89. The minimum absolute atomic E-state index is 0.123. The smallest absolute Gasteiger partial charge is 0.307 e. The molecule has 17 heavy (non-hydrogen) atoms. The maximum absolute atomic E-state index is 11.1. The van der Waals surface area contributed by atoms with E-state index < -0.39 is 6.04 Å². The van der Waals surface area contributed by atoms with Crippen molar-refractivity contribution in [1.82, 2.24) is 0 Å².